The van der Waals surface area contributed by atoms with Crippen molar-refractivity contribution in [3.05, 3.63) is 231 Å². The minimum Gasteiger partial charge on any atom is -0.456 e. The Morgan fingerprint density at radius 2 is 0.810 bits per heavy atom. The fourth-order valence-electron chi connectivity index (χ4n) is 9.90. The third kappa shape index (κ3) is 5.75. The Morgan fingerprint density at radius 3 is 1.57 bits per heavy atom. The van der Waals surface area contributed by atoms with Gasteiger partial charge in [0, 0.05) is 49.7 Å². The summed E-state index contributed by atoms with van der Waals surface area (Å²) in [5.41, 5.74) is 13.3. The summed E-state index contributed by atoms with van der Waals surface area (Å²) in [5, 5.41) is 12.2. The number of furan rings is 1. The molecule has 13 aromatic rings. The zero-order valence-electron chi connectivity index (χ0n) is 34.2. The van der Waals surface area contributed by atoms with Crippen LogP contribution in [-0.4, -0.2) is 4.57 Å². The van der Waals surface area contributed by atoms with Crippen LogP contribution in [0.15, 0.2) is 235 Å². The van der Waals surface area contributed by atoms with Crippen molar-refractivity contribution in [3.63, 3.8) is 0 Å². The zero-order valence-corrected chi connectivity index (χ0v) is 34.2. The number of aromatic nitrogens is 1. The van der Waals surface area contributed by atoms with Gasteiger partial charge in [-0.25, -0.2) is 0 Å². The van der Waals surface area contributed by atoms with Gasteiger partial charge in [-0.1, -0.05) is 158 Å². The van der Waals surface area contributed by atoms with Crippen molar-refractivity contribution in [3.8, 4) is 27.9 Å². The second-order valence-electron chi connectivity index (χ2n) is 16.5. The van der Waals surface area contributed by atoms with Gasteiger partial charge < -0.3 is 13.9 Å². The summed E-state index contributed by atoms with van der Waals surface area (Å²) in [4.78, 5) is 2.37. The predicted molar refractivity (Wildman–Crippen MR) is 266 cm³/mol. The third-order valence-corrected chi connectivity index (χ3v) is 13.0. The van der Waals surface area contributed by atoms with Gasteiger partial charge in [-0.3, -0.25) is 0 Å². The molecule has 0 aliphatic carbocycles. The molecule has 0 atom stereocenters. The van der Waals surface area contributed by atoms with Crippen molar-refractivity contribution in [1.82, 2.24) is 4.57 Å². The van der Waals surface area contributed by atoms with E-state index < -0.39 is 0 Å². The number of fused-ring (bicyclic) bond motifs is 11. The lowest BCUT2D eigenvalue weighted by molar-refractivity contribution is 0.669. The molecule has 3 nitrogen and oxygen atoms in total. The largest absolute Gasteiger partial charge is 0.456 e. The molecular weight excluding hydrogens is 765 g/mol. The maximum absolute atomic E-state index is 6.26. The fraction of sp³-hybridized carbons (Fsp3) is 0. The van der Waals surface area contributed by atoms with Crippen LogP contribution in [0.5, 0.6) is 0 Å². The van der Waals surface area contributed by atoms with E-state index in [0.29, 0.717) is 0 Å². The Kier molecular flexibility index (Phi) is 7.91. The normalized spacial score (nSPS) is 11.8. The fourth-order valence-corrected chi connectivity index (χ4v) is 9.90. The number of nitrogens with zero attached hydrogens (tertiary/aromatic N) is 2. The van der Waals surface area contributed by atoms with Gasteiger partial charge in [0.15, 0.2) is 0 Å². The van der Waals surface area contributed by atoms with Gasteiger partial charge in [0.05, 0.1) is 11.0 Å². The van der Waals surface area contributed by atoms with E-state index in [0.717, 1.165) is 61.4 Å². The average Bonchev–Trinajstić information content (AvgIpc) is 3.90. The summed E-state index contributed by atoms with van der Waals surface area (Å²) in [6.07, 6.45) is 0. The van der Waals surface area contributed by atoms with E-state index in [9.17, 15) is 0 Å². The van der Waals surface area contributed by atoms with Crippen molar-refractivity contribution in [2.24, 2.45) is 0 Å². The van der Waals surface area contributed by atoms with Gasteiger partial charge in [0.1, 0.15) is 11.2 Å². The molecule has 0 aliphatic heterocycles. The van der Waals surface area contributed by atoms with Crippen LogP contribution in [0.4, 0.5) is 17.1 Å². The van der Waals surface area contributed by atoms with E-state index >= 15 is 0 Å². The maximum atomic E-state index is 6.26. The highest BCUT2D eigenvalue weighted by Crippen LogP contribution is 2.42. The summed E-state index contributed by atoms with van der Waals surface area (Å²) in [7, 11) is 0. The quantitative estimate of drug-likeness (QED) is 0.156. The molecule has 0 unspecified atom stereocenters. The lowest BCUT2D eigenvalue weighted by Gasteiger charge is -2.26. The number of para-hydroxylation sites is 2. The first-order valence-electron chi connectivity index (χ1n) is 21.6. The topological polar surface area (TPSA) is 21.3 Å². The van der Waals surface area contributed by atoms with Gasteiger partial charge >= 0.3 is 0 Å². The lowest BCUT2D eigenvalue weighted by atomic mass is 10.00. The van der Waals surface area contributed by atoms with E-state index in [1.165, 1.54) is 59.7 Å². The minimum absolute atomic E-state index is 0.900. The number of anilines is 3. The summed E-state index contributed by atoms with van der Waals surface area (Å²) in [6, 6.07) is 83.6. The van der Waals surface area contributed by atoms with E-state index in [-0.39, 0.29) is 0 Å². The second-order valence-corrected chi connectivity index (χ2v) is 16.5. The van der Waals surface area contributed by atoms with Crippen LogP contribution in [0, 0.1) is 0 Å². The molecule has 13 rings (SSSR count). The molecule has 0 N–H and O–H groups in total. The maximum Gasteiger partial charge on any atom is 0.136 e. The number of hydrogen-bond acceptors (Lipinski definition) is 2. The van der Waals surface area contributed by atoms with Crippen molar-refractivity contribution in [1.29, 1.82) is 0 Å². The molecule has 294 valence electrons. The molecular formula is C60H38N2O. The van der Waals surface area contributed by atoms with E-state index in [2.05, 4.69) is 228 Å². The van der Waals surface area contributed by atoms with Crippen LogP contribution in [-0.2, 0) is 0 Å². The van der Waals surface area contributed by atoms with Crippen LogP contribution in [0.25, 0.3) is 104 Å². The van der Waals surface area contributed by atoms with Gasteiger partial charge in [0.2, 0.25) is 0 Å². The Bertz CT molecular complexity index is 3900. The highest BCUT2D eigenvalue weighted by atomic mass is 16.3. The molecule has 0 fully saturated rings. The number of benzene rings is 11. The summed E-state index contributed by atoms with van der Waals surface area (Å²) in [6.45, 7) is 0. The average molecular weight is 803 g/mol. The minimum atomic E-state index is 0.900. The highest BCUT2D eigenvalue weighted by molar-refractivity contribution is 6.19. The van der Waals surface area contributed by atoms with E-state index in [4.69, 9.17) is 4.42 Å². The standard InChI is InChI=1S/C60H38N2O/c1-2-12-46(13-3-1)62-57-37-43(25-32-53(57)56-34-24-42-11-5-7-15-52(42)60(56)62)39-20-27-47(28-21-39)61(49-31-35-51-45(36-49)19-18-41-10-4-6-14-50(41)51)48-29-22-40(23-30-48)44-26-33-55-54-16-8-9-17-58(54)63-59(55)38-44/h1-38H. The Balaban J connectivity index is 0.921. The number of rotatable bonds is 6. The summed E-state index contributed by atoms with van der Waals surface area (Å²) < 4.78 is 8.70. The molecule has 2 aromatic heterocycles. The zero-order chi connectivity index (χ0) is 41.4. The first-order chi connectivity index (χ1) is 31.2. The van der Waals surface area contributed by atoms with Crippen LogP contribution in [0.2, 0.25) is 0 Å². The molecule has 3 heteroatoms. The molecule has 0 radical (unpaired) electrons. The molecule has 0 spiro atoms. The van der Waals surface area contributed by atoms with Crippen molar-refractivity contribution in [2.75, 3.05) is 4.90 Å². The monoisotopic (exact) mass is 802 g/mol. The van der Waals surface area contributed by atoms with Gasteiger partial charge in [-0.05, 0) is 122 Å². The second kappa shape index (κ2) is 14.1. The summed E-state index contributed by atoms with van der Waals surface area (Å²) >= 11 is 0. The molecule has 63 heavy (non-hydrogen) atoms. The molecule has 11 aromatic carbocycles. The highest BCUT2D eigenvalue weighted by Gasteiger charge is 2.18. The summed E-state index contributed by atoms with van der Waals surface area (Å²) in [5.74, 6) is 0. The SMILES string of the molecule is c1ccc(-n2c3cc(-c4ccc(N(c5ccc(-c6ccc7c(c6)oc6ccccc67)cc5)c5ccc6c(ccc7ccccc76)c5)cc4)ccc3c3ccc4ccccc4c32)cc1. The third-order valence-electron chi connectivity index (χ3n) is 13.0. The Hall–Kier alpha value is -8.40. The van der Waals surface area contributed by atoms with Gasteiger partial charge in [-0.15, -0.1) is 0 Å². The molecule has 0 saturated heterocycles. The predicted octanol–water partition coefficient (Wildman–Crippen LogP) is 16.9. The first kappa shape index (κ1) is 35.4. The molecule has 2 heterocycles. The Labute approximate surface area is 363 Å². The van der Waals surface area contributed by atoms with Crippen LogP contribution >= 0.6 is 0 Å². The molecule has 0 aliphatic rings. The molecule has 0 amide bonds. The van der Waals surface area contributed by atoms with E-state index in [1.807, 2.05) is 12.1 Å². The smallest absolute Gasteiger partial charge is 0.136 e. The van der Waals surface area contributed by atoms with Gasteiger partial charge in [-0.2, -0.15) is 0 Å². The molecule has 0 saturated carbocycles. The lowest BCUT2D eigenvalue weighted by Crippen LogP contribution is -2.09. The van der Waals surface area contributed by atoms with Crippen molar-refractivity contribution >= 4 is 93.1 Å². The Morgan fingerprint density at radius 1 is 0.302 bits per heavy atom. The van der Waals surface area contributed by atoms with Crippen molar-refractivity contribution < 1.29 is 4.42 Å². The van der Waals surface area contributed by atoms with Crippen LogP contribution in [0.1, 0.15) is 0 Å². The van der Waals surface area contributed by atoms with E-state index in [1.54, 1.807) is 0 Å². The molecule has 0 bridgehead atoms. The van der Waals surface area contributed by atoms with Crippen molar-refractivity contribution in [2.45, 2.75) is 0 Å². The van der Waals surface area contributed by atoms with Crippen LogP contribution in [0.3, 0.4) is 0 Å². The van der Waals surface area contributed by atoms with Gasteiger partial charge in [0.25, 0.3) is 0 Å². The first-order valence-corrected chi connectivity index (χ1v) is 21.6. The van der Waals surface area contributed by atoms with Crippen LogP contribution < -0.4 is 4.90 Å². The number of hydrogen-bond donors (Lipinski definition) is 0.